The normalized spacial score (nSPS) is 10.2. The maximum absolute atomic E-state index is 12.5. The second-order valence-electron chi connectivity index (χ2n) is 5.65. The number of rotatable bonds is 6. The van der Waals surface area contributed by atoms with Crippen LogP contribution in [0.15, 0.2) is 63.7 Å². The van der Waals surface area contributed by atoms with Gasteiger partial charge in [0.05, 0.1) is 30.6 Å². The minimum absolute atomic E-state index is 0.185. The van der Waals surface area contributed by atoms with E-state index in [1.807, 2.05) is 0 Å². The molecule has 28 heavy (non-hydrogen) atoms. The van der Waals surface area contributed by atoms with Crippen molar-refractivity contribution in [2.45, 2.75) is 0 Å². The molecule has 7 nitrogen and oxygen atoms in total. The van der Waals surface area contributed by atoms with Gasteiger partial charge >= 0.3 is 0 Å². The van der Waals surface area contributed by atoms with Crippen LogP contribution >= 0.6 is 15.9 Å². The molecule has 3 aromatic rings. The van der Waals surface area contributed by atoms with Gasteiger partial charge in [-0.1, -0.05) is 0 Å². The zero-order valence-electron chi connectivity index (χ0n) is 15.1. The van der Waals surface area contributed by atoms with E-state index in [0.29, 0.717) is 32.9 Å². The van der Waals surface area contributed by atoms with Gasteiger partial charge in [0.2, 0.25) is 0 Å². The molecule has 0 fully saturated rings. The summed E-state index contributed by atoms with van der Waals surface area (Å²) >= 11 is 3.36. The molecular formula is C20H17BrN2O5. The minimum atomic E-state index is -0.400. The molecule has 1 aromatic heterocycles. The van der Waals surface area contributed by atoms with Crippen LogP contribution in [0, 0.1) is 0 Å². The third-order valence-electron chi connectivity index (χ3n) is 3.87. The first-order chi connectivity index (χ1) is 13.5. The highest BCUT2D eigenvalue weighted by Crippen LogP contribution is 2.29. The zero-order chi connectivity index (χ0) is 20.1. The van der Waals surface area contributed by atoms with E-state index in [4.69, 9.17) is 13.9 Å². The van der Waals surface area contributed by atoms with Crippen molar-refractivity contribution in [2.75, 3.05) is 24.9 Å². The van der Waals surface area contributed by atoms with E-state index in [9.17, 15) is 9.59 Å². The SMILES string of the molecule is COc1ccc(C(=O)Nc2ccc(NC(=O)c3ccco3)c(OC)c2)cc1Br. The predicted octanol–water partition coefficient (Wildman–Crippen LogP) is 4.56. The van der Waals surface area contributed by atoms with E-state index < -0.39 is 5.91 Å². The summed E-state index contributed by atoms with van der Waals surface area (Å²) in [6, 6.07) is 13.1. The molecule has 2 amide bonds. The highest BCUT2D eigenvalue weighted by Gasteiger charge is 2.14. The molecule has 2 aromatic carbocycles. The molecule has 0 bridgehead atoms. The van der Waals surface area contributed by atoms with Crippen LogP contribution in [0.4, 0.5) is 11.4 Å². The molecule has 2 N–H and O–H groups in total. The van der Waals surface area contributed by atoms with Gasteiger partial charge in [-0.15, -0.1) is 0 Å². The van der Waals surface area contributed by atoms with Gasteiger partial charge in [0, 0.05) is 17.3 Å². The Balaban J connectivity index is 1.75. The summed E-state index contributed by atoms with van der Waals surface area (Å²) in [6.45, 7) is 0. The Bertz CT molecular complexity index is 1000. The molecule has 0 radical (unpaired) electrons. The largest absolute Gasteiger partial charge is 0.496 e. The van der Waals surface area contributed by atoms with E-state index in [0.717, 1.165) is 0 Å². The average molecular weight is 445 g/mol. The van der Waals surface area contributed by atoms with Crippen LogP contribution in [0.3, 0.4) is 0 Å². The van der Waals surface area contributed by atoms with Gasteiger partial charge in [-0.05, 0) is 58.4 Å². The first kappa shape index (κ1) is 19.5. The summed E-state index contributed by atoms with van der Waals surface area (Å²) in [6.07, 6.45) is 1.42. The molecule has 0 aliphatic carbocycles. The van der Waals surface area contributed by atoms with Crippen LogP contribution in [-0.4, -0.2) is 26.0 Å². The molecule has 0 spiro atoms. The molecule has 0 aliphatic heterocycles. The van der Waals surface area contributed by atoms with E-state index in [1.165, 1.54) is 13.4 Å². The lowest BCUT2D eigenvalue weighted by atomic mass is 10.2. The second kappa shape index (κ2) is 8.62. The van der Waals surface area contributed by atoms with E-state index >= 15 is 0 Å². The Kier molecular flexibility index (Phi) is 6.00. The third kappa shape index (κ3) is 4.34. The van der Waals surface area contributed by atoms with Crippen molar-refractivity contribution in [1.82, 2.24) is 0 Å². The number of carbonyl (C=O) groups is 2. The standard InChI is InChI=1S/C20H17BrN2O5/c1-26-16-8-5-12(10-14(16)21)19(24)22-13-6-7-15(18(11-13)27-2)23-20(25)17-4-3-9-28-17/h3-11H,1-2H3,(H,22,24)(H,23,25). The molecule has 0 unspecified atom stereocenters. The number of amides is 2. The Morgan fingerprint density at radius 3 is 2.36 bits per heavy atom. The number of anilines is 2. The fraction of sp³-hybridized carbons (Fsp3) is 0.100. The number of ether oxygens (including phenoxy) is 2. The van der Waals surface area contributed by atoms with Crippen molar-refractivity contribution in [3.63, 3.8) is 0 Å². The molecular weight excluding hydrogens is 428 g/mol. The van der Waals surface area contributed by atoms with Crippen LogP contribution in [0.25, 0.3) is 0 Å². The highest BCUT2D eigenvalue weighted by molar-refractivity contribution is 9.10. The molecule has 0 atom stereocenters. The van der Waals surface area contributed by atoms with Crippen molar-refractivity contribution in [3.8, 4) is 11.5 Å². The number of furan rings is 1. The fourth-order valence-corrected chi connectivity index (χ4v) is 3.02. The van der Waals surface area contributed by atoms with Crippen LogP contribution in [0.1, 0.15) is 20.9 Å². The summed E-state index contributed by atoms with van der Waals surface area (Å²) in [5.74, 6) is 0.522. The van der Waals surface area contributed by atoms with Gasteiger partial charge in [0.15, 0.2) is 5.76 Å². The summed E-state index contributed by atoms with van der Waals surface area (Å²) in [5, 5.41) is 5.50. The van der Waals surface area contributed by atoms with Crippen LogP contribution < -0.4 is 20.1 Å². The van der Waals surface area contributed by atoms with E-state index in [1.54, 1.807) is 55.6 Å². The van der Waals surface area contributed by atoms with E-state index in [2.05, 4.69) is 26.6 Å². The monoisotopic (exact) mass is 444 g/mol. The van der Waals surface area contributed by atoms with Crippen molar-refractivity contribution < 1.29 is 23.5 Å². The Morgan fingerprint density at radius 1 is 0.929 bits per heavy atom. The fourth-order valence-electron chi connectivity index (χ4n) is 2.47. The molecule has 0 saturated heterocycles. The predicted molar refractivity (Wildman–Crippen MR) is 108 cm³/mol. The summed E-state index contributed by atoms with van der Waals surface area (Å²) < 4.78 is 16.2. The van der Waals surface area contributed by atoms with Gasteiger partial charge in [-0.3, -0.25) is 9.59 Å². The summed E-state index contributed by atoms with van der Waals surface area (Å²) in [4.78, 5) is 24.6. The average Bonchev–Trinajstić information content (AvgIpc) is 3.24. The van der Waals surface area contributed by atoms with Gasteiger partial charge < -0.3 is 24.5 Å². The smallest absolute Gasteiger partial charge is 0.291 e. The molecule has 144 valence electrons. The first-order valence-corrected chi connectivity index (χ1v) is 8.99. The maximum Gasteiger partial charge on any atom is 0.291 e. The van der Waals surface area contributed by atoms with Gasteiger partial charge in [0.25, 0.3) is 11.8 Å². The van der Waals surface area contributed by atoms with Gasteiger partial charge in [-0.25, -0.2) is 0 Å². The quantitative estimate of drug-likeness (QED) is 0.581. The third-order valence-corrected chi connectivity index (χ3v) is 4.49. The van der Waals surface area contributed by atoms with E-state index in [-0.39, 0.29) is 11.7 Å². The number of nitrogens with one attached hydrogen (secondary N) is 2. The highest BCUT2D eigenvalue weighted by atomic mass is 79.9. The van der Waals surface area contributed by atoms with Crippen LogP contribution in [0.2, 0.25) is 0 Å². The van der Waals surface area contributed by atoms with Gasteiger partial charge in [0.1, 0.15) is 11.5 Å². The Morgan fingerprint density at radius 2 is 1.71 bits per heavy atom. The Hall–Kier alpha value is -3.26. The van der Waals surface area contributed by atoms with Crippen molar-refractivity contribution in [3.05, 3.63) is 70.6 Å². The number of methoxy groups -OCH3 is 2. The minimum Gasteiger partial charge on any atom is -0.496 e. The zero-order valence-corrected chi connectivity index (χ0v) is 16.7. The van der Waals surface area contributed by atoms with Crippen LogP contribution in [0.5, 0.6) is 11.5 Å². The van der Waals surface area contributed by atoms with Crippen molar-refractivity contribution in [1.29, 1.82) is 0 Å². The van der Waals surface area contributed by atoms with Gasteiger partial charge in [-0.2, -0.15) is 0 Å². The molecule has 3 rings (SSSR count). The number of hydrogen-bond donors (Lipinski definition) is 2. The first-order valence-electron chi connectivity index (χ1n) is 8.19. The molecule has 8 heteroatoms. The summed E-state index contributed by atoms with van der Waals surface area (Å²) in [7, 11) is 3.03. The lowest BCUT2D eigenvalue weighted by molar-refractivity contribution is 0.0994. The van der Waals surface area contributed by atoms with Crippen LogP contribution in [-0.2, 0) is 0 Å². The second-order valence-corrected chi connectivity index (χ2v) is 6.50. The molecule has 0 saturated carbocycles. The van der Waals surface area contributed by atoms with Crippen molar-refractivity contribution >= 4 is 39.1 Å². The maximum atomic E-state index is 12.5. The summed E-state index contributed by atoms with van der Waals surface area (Å²) in [5.41, 5.74) is 1.43. The Labute approximate surface area is 169 Å². The number of carbonyl (C=O) groups excluding carboxylic acids is 2. The number of hydrogen-bond acceptors (Lipinski definition) is 5. The molecule has 0 aliphatic rings. The lowest BCUT2D eigenvalue weighted by Gasteiger charge is -2.12. The lowest BCUT2D eigenvalue weighted by Crippen LogP contribution is -2.14. The molecule has 1 heterocycles. The topological polar surface area (TPSA) is 89.8 Å². The number of halogens is 1. The number of benzene rings is 2. The van der Waals surface area contributed by atoms with Crippen molar-refractivity contribution in [2.24, 2.45) is 0 Å².